The van der Waals surface area contributed by atoms with Crippen molar-refractivity contribution in [3.05, 3.63) is 39.8 Å². The molecule has 2 rings (SSSR count). The maximum atomic E-state index is 10.7. The second-order valence-electron chi connectivity index (χ2n) is 3.99. The quantitative estimate of drug-likeness (QED) is 0.657. The van der Waals surface area contributed by atoms with Gasteiger partial charge in [-0.1, -0.05) is 0 Å². The summed E-state index contributed by atoms with van der Waals surface area (Å²) in [4.78, 5) is 10.3. The lowest BCUT2D eigenvalue weighted by atomic mass is 10.1. The van der Waals surface area contributed by atoms with Crippen molar-refractivity contribution in [1.82, 2.24) is 10.2 Å². The van der Waals surface area contributed by atoms with Crippen LogP contribution in [0.5, 0.6) is 0 Å². The summed E-state index contributed by atoms with van der Waals surface area (Å²) in [7, 11) is 0. The van der Waals surface area contributed by atoms with E-state index in [1.807, 2.05) is 0 Å². The molecule has 0 saturated carbocycles. The molecule has 1 aromatic heterocycles. The highest BCUT2D eigenvalue weighted by molar-refractivity contribution is 5.58. The molecule has 94 valence electrons. The number of hydrogen-bond acceptors (Lipinski definition) is 6. The molecule has 0 fully saturated rings. The standard InChI is InChI=1S/C11H12N4O3/c1-6-5-8(3-4-9(6)15(16)17)11-14-13-10(18-11)7(2)12/h3-5,7H,12H2,1-2H3. The van der Waals surface area contributed by atoms with E-state index in [9.17, 15) is 10.1 Å². The van der Waals surface area contributed by atoms with E-state index >= 15 is 0 Å². The van der Waals surface area contributed by atoms with Crippen molar-refractivity contribution in [2.24, 2.45) is 5.73 Å². The number of benzene rings is 1. The molecule has 2 N–H and O–H groups in total. The van der Waals surface area contributed by atoms with Gasteiger partial charge in [0, 0.05) is 17.2 Å². The van der Waals surface area contributed by atoms with Gasteiger partial charge >= 0.3 is 0 Å². The molecule has 1 unspecified atom stereocenters. The second-order valence-corrected chi connectivity index (χ2v) is 3.99. The van der Waals surface area contributed by atoms with E-state index in [1.54, 1.807) is 26.0 Å². The van der Waals surface area contributed by atoms with Gasteiger partial charge in [0.2, 0.25) is 11.8 Å². The third kappa shape index (κ3) is 2.21. The zero-order valence-corrected chi connectivity index (χ0v) is 9.95. The Morgan fingerprint density at radius 1 is 1.44 bits per heavy atom. The minimum absolute atomic E-state index is 0.0608. The first-order valence-electron chi connectivity index (χ1n) is 5.33. The van der Waals surface area contributed by atoms with Crippen LogP contribution in [0, 0.1) is 17.0 Å². The minimum atomic E-state index is -0.430. The predicted molar refractivity (Wildman–Crippen MR) is 63.7 cm³/mol. The fourth-order valence-corrected chi connectivity index (χ4v) is 1.53. The van der Waals surface area contributed by atoms with E-state index in [4.69, 9.17) is 10.2 Å². The smallest absolute Gasteiger partial charge is 0.272 e. The molecule has 2 aromatic rings. The number of aryl methyl sites for hydroxylation is 1. The first-order chi connectivity index (χ1) is 8.49. The fourth-order valence-electron chi connectivity index (χ4n) is 1.53. The third-order valence-electron chi connectivity index (χ3n) is 2.47. The van der Waals surface area contributed by atoms with Crippen molar-refractivity contribution in [2.75, 3.05) is 0 Å². The maximum absolute atomic E-state index is 10.7. The first-order valence-corrected chi connectivity index (χ1v) is 5.33. The Labute approximate surface area is 103 Å². The highest BCUT2D eigenvalue weighted by atomic mass is 16.6. The van der Waals surface area contributed by atoms with Crippen molar-refractivity contribution >= 4 is 5.69 Å². The number of nitrogens with zero attached hydrogens (tertiary/aromatic N) is 3. The zero-order chi connectivity index (χ0) is 13.3. The Morgan fingerprint density at radius 2 is 2.17 bits per heavy atom. The fraction of sp³-hybridized carbons (Fsp3) is 0.273. The molecule has 0 aliphatic heterocycles. The van der Waals surface area contributed by atoms with Crippen molar-refractivity contribution in [3.8, 4) is 11.5 Å². The van der Waals surface area contributed by atoms with Gasteiger partial charge < -0.3 is 10.2 Å². The molecule has 0 aliphatic carbocycles. The number of rotatable bonds is 3. The van der Waals surface area contributed by atoms with E-state index in [1.165, 1.54) is 6.07 Å². The molecule has 1 aromatic carbocycles. The number of nitrogens with two attached hydrogens (primary N) is 1. The van der Waals surface area contributed by atoms with Gasteiger partial charge in [-0.15, -0.1) is 10.2 Å². The summed E-state index contributed by atoms with van der Waals surface area (Å²) in [6.07, 6.45) is 0. The van der Waals surface area contributed by atoms with Crippen LogP contribution < -0.4 is 5.73 Å². The Bertz CT molecular complexity index is 592. The molecule has 0 aliphatic rings. The number of nitro groups is 1. The molecule has 1 heterocycles. The first kappa shape index (κ1) is 12.2. The summed E-state index contributed by atoms with van der Waals surface area (Å²) in [5.41, 5.74) is 6.85. The third-order valence-corrected chi connectivity index (χ3v) is 2.47. The lowest BCUT2D eigenvalue weighted by Gasteiger charge is -1.99. The lowest BCUT2D eigenvalue weighted by Crippen LogP contribution is -2.04. The van der Waals surface area contributed by atoms with Gasteiger partial charge in [-0.2, -0.15) is 0 Å². The zero-order valence-electron chi connectivity index (χ0n) is 9.95. The summed E-state index contributed by atoms with van der Waals surface area (Å²) >= 11 is 0. The molecule has 7 nitrogen and oxygen atoms in total. The highest BCUT2D eigenvalue weighted by Crippen LogP contribution is 2.25. The summed E-state index contributed by atoms with van der Waals surface area (Å²) in [6.45, 7) is 3.39. The molecule has 0 spiro atoms. The minimum Gasteiger partial charge on any atom is -0.419 e. The Morgan fingerprint density at radius 3 is 2.67 bits per heavy atom. The monoisotopic (exact) mass is 248 g/mol. The Kier molecular flexibility index (Phi) is 3.07. The topological polar surface area (TPSA) is 108 Å². The largest absolute Gasteiger partial charge is 0.419 e. The Hall–Kier alpha value is -2.28. The number of aromatic nitrogens is 2. The van der Waals surface area contributed by atoms with E-state index in [0.29, 0.717) is 22.9 Å². The molecule has 0 amide bonds. The van der Waals surface area contributed by atoms with Crippen molar-refractivity contribution in [1.29, 1.82) is 0 Å². The van der Waals surface area contributed by atoms with Crippen LogP contribution in [0.25, 0.3) is 11.5 Å². The maximum Gasteiger partial charge on any atom is 0.272 e. The van der Waals surface area contributed by atoms with Crippen LogP contribution in [0.3, 0.4) is 0 Å². The van der Waals surface area contributed by atoms with Crippen LogP contribution in [0.2, 0.25) is 0 Å². The molecule has 0 saturated heterocycles. The number of hydrogen-bond donors (Lipinski definition) is 1. The number of nitro benzene ring substituents is 1. The normalized spacial score (nSPS) is 12.4. The van der Waals surface area contributed by atoms with Gasteiger partial charge in [0.1, 0.15) is 0 Å². The highest BCUT2D eigenvalue weighted by Gasteiger charge is 2.15. The van der Waals surface area contributed by atoms with Crippen molar-refractivity contribution in [3.63, 3.8) is 0 Å². The SMILES string of the molecule is Cc1cc(-c2nnc(C(C)N)o2)ccc1[N+](=O)[O-]. The van der Waals surface area contributed by atoms with Crippen LogP contribution in [-0.2, 0) is 0 Å². The Balaban J connectivity index is 2.39. The lowest BCUT2D eigenvalue weighted by molar-refractivity contribution is -0.385. The molecule has 18 heavy (non-hydrogen) atoms. The van der Waals surface area contributed by atoms with Crippen LogP contribution in [0.15, 0.2) is 22.6 Å². The van der Waals surface area contributed by atoms with E-state index in [0.717, 1.165) is 0 Å². The van der Waals surface area contributed by atoms with Crippen LogP contribution in [0.1, 0.15) is 24.4 Å². The summed E-state index contributed by atoms with van der Waals surface area (Å²) < 4.78 is 5.37. The second kappa shape index (κ2) is 4.53. The van der Waals surface area contributed by atoms with Crippen LogP contribution >= 0.6 is 0 Å². The van der Waals surface area contributed by atoms with Crippen molar-refractivity contribution in [2.45, 2.75) is 19.9 Å². The molecule has 0 bridgehead atoms. The predicted octanol–water partition coefficient (Wildman–Crippen LogP) is 1.97. The average molecular weight is 248 g/mol. The molecule has 1 atom stereocenters. The molecular formula is C11H12N4O3. The van der Waals surface area contributed by atoms with Gasteiger partial charge in [0.05, 0.1) is 11.0 Å². The van der Waals surface area contributed by atoms with Gasteiger partial charge in [0.15, 0.2) is 0 Å². The van der Waals surface area contributed by atoms with Gasteiger partial charge in [-0.3, -0.25) is 10.1 Å². The van der Waals surface area contributed by atoms with Gasteiger partial charge in [-0.05, 0) is 26.0 Å². The molecule has 0 radical (unpaired) electrons. The summed E-state index contributed by atoms with van der Waals surface area (Å²) in [5, 5.41) is 18.4. The van der Waals surface area contributed by atoms with Crippen LogP contribution in [0.4, 0.5) is 5.69 Å². The van der Waals surface area contributed by atoms with E-state index in [2.05, 4.69) is 10.2 Å². The van der Waals surface area contributed by atoms with E-state index < -0.39 is 4.92 Å². The van der Waals surface area contributed by atoms with Gasteiger partial charge in [0.25, 0.3) is 5.69 Å². The average Bonchev–Trinajstić information content (AvgIpc) is 2.77. The summed E-state index contributed by atoms with van der Waals surface area (Å²) in [5.74, 6) is 0.640. The summed E-state index contributed by atoms with van der Waals surface area (Å²) in [6, 6.07) is 4.28. The van der Waals surface area contributed by atoms with Gasteiger partial charge in [-0.25, -0.2) is 0 Å². The van der Waals surface area contributed by atoms with Crippen LogP contribution in [-0.4, -0.2) is 15.1 Å². The molecule has 7 heteroatoms. The van der Waals surface area contributed by atoms with E-state index in [-0.39, 0.29) is 11.7 Å². The van der Waals surface area contributed by atoms with Crippen molar-refractivity contribution < 1.29 is 9.34 Å². The molecular weight excluding hydrogens is 236 g/mol.